The van der Waals surface area contributed by atoms with Crippen LogP contribution in [0.2, 0.25) is 0 Å². The second kappa shape index (κ2) is 6.76. The normalized spacial score (nSPS) is 15.6. The zero-order valence-electron chi connectivity index (χ0n) is 14.2. The molecule has 1 aromatic carbocycles. The fourth-order valence-electron chi connectivity index (χ4n) is 3.56. The van der Waals surface area contributed by atoms with Crippen LogP contribution in [0.25, 0.3) is 10.9 Å². The molecule has 1 aliphatic rings. The first-order valence-electron chi connectivity index (χ1n) is 8.09. The third kappa shape index (κ3) is 3.01. The Morgan fingerprint density at radius 1 is 1.20 bits per heavy atom. The number of benzene rings is 1. The van der Waals surface area contributed by atoms with E-state index in [1.165, 1.54) is 11.3 Å². The Morgan fingerprint density at radius 2 is 2.00 bits per heavy atom. The molecule has 3 heterocycles. The molecule has 1 aliphatic heterocycles. The van der Waals surface area contributed by atoms with Gasteiger partial charge in [0, 0.05) is 17.6 Å². The molecule has 0 atom stereocenters. The van der Waals surface area contributed by atoms with Gasteiger partial charge >= 0.3 is 0 Å². The van der Waals surface area contributed by atoms with Gasteiger partial charge in [-0.1, -0.05) is 17.7 Å². The van der Waals surface area contributed by atoms with Gasteiger partial charge in [0.25, 0.3) is 10.0 Å². The van der Waals surface area contributed by atoms with Crippen molar-refractivity contribution in [1.82, 2.24) is 8.87 Å². The second-order valence-electron chi connectivity index (χ2n) is 6.49. The van der Waals surface area contributed by atoms with Crippen molar-refractivity contribution in [2.24, 2.45) is 0 Å². The van der Waals surface area contributed by atoms with E-state index >= 15 is 0 Å². The maximum Gasteiger partial charge on any atom is 0.277 e. The topological polar surface area (TPSA) is 42.3 Å². The molecule has 0 fully saturated rings. The van der Waals surface area contributed by atoms with Gasteiger partial charge in [0.15, 0.2) is 0 Å². The highest BCUT2D eigenvalue weighted by molar-refractivity contribution is 7.92. The minimum absolute atomic E-state index is 0. The first-order chi connectivity index (χ1) is 11.5. The van der Waals surface area contributed by atoms with Crippen LogP contribution in [-0.2, 0) is 23.0 Å². The summed E-state index contributed by atoms with van der Waals surface area (Å²) >= 11 is 1.28. The van der Waals surface area contributed by atoms with Crippen LogP contribution in [0.15, 0.2) is 39.9 Å². The molecular weight excluding hydrogens is 376 g/mol. The van der Waals surface area contributed by atoms with E-state index in [9.17, 15) is 8.42 Å². The zero-order chi connectivity index (χ0) is 16.9. The van der Waals surface area contributed by atoms with Crippen LogP contribution in [-0.4, -0.2) is 30.9 Å². The van der Waals surface area contributed by atoms with Gasteiger partial charge in [-0.25, -0.2) is 3.97 Å². The summed E-state index contributed by atoms with van der Waals surface area (Å²) in [5.41, 5.74) is 4.07. The highest BCUT2D eigenvalue weighted by Gasteiger charge is 2.28. The smallest absolute Gasteiger partial charge is 0.277 e. The summed E-state index contributed by atoms with van der Waals surface area (Å²) in [5, 5.41) is 2.88. The van der Waals surface area contributed by atoms with Crippen molar-refractivity contribution in [2.75, 3.05) is 13.6 Å². The number of hydrogen-bond donors (Lipinski definition) is 0. The van der Waals surface area contributed by atoms with E-state index < -0.39 is 10.0 Å². The lowest BCUT2D eigenvalue weighted by atomic mass is 10.1. The molecule has 0 radical (unpaired) electrons. The monoisotopic (exact) mass is 396 g/mol. The van der Waals surface area contributed by atoms with Crippen LogP contribution < -0.4 is 0 Å². The number of hydrogen-bond acceptors (Lipinski definition) is 4. The Hall–Kier alpha value is -1.34. The summed E-state index contributed by atoms with van der Waals surface area (Å²) in [6.07, 6.45) is 1.76. The van der Waals surface area contributed by atoms with Gasteiger partial charge in [-0.15, -0.1) is 23.7 Å². The average molecular weight is 397 g/mol. The molecule has 0 N–H and O–H groups in total. The molecule has 7 heteroatoms. The predicted octanol–water partition coefficient (Wildman–Crippen LogP) is 4.05. The molecule has 4 nitrogen and oxygen atoms in total. The summed E-state index contributed by atoms with van der Waals surface area (Å²) in [6, 6.07) is 9.54. The summed E-state index contributed by atoms with van der Waals surface area (Å²) in [7, 11) is -1.45. The molecule has 0 bridgehead atoms. The average Bonchev–Trinajstić information content (AvgIpc) is 3.12. The molecule has 4 rings (SSSR count). The van der Waals surface area contributed by atoms with Crippen LogP contribution in [0.3, 0.4) is 0 Å². The largest absolute Gasteiger partial charge is 0.302 e. The van der Waals surface area contributed by atoms with Crippen molar-refractivity contribution in [3.8, 4) is 0 Å². The van der Waals surface area contributed by atoms with Gasteiger partial charge < -0.3 is 4.90 Å². The second-order valence-corrected chi connectivity index (χ2v) is 9.45. The van der Waals surface area contributed by atoms with Crippen molar-refractivity contribution < 1.29 is 8.42 Å². The Balaban J connectivity index is 0.00000182. The Kier molecular flexibility index (Phi) is 4.99. The van der Waals surface area contributed by atoms with Gasteiger partial charge in [-0.2, -0.15) is 8.42 Å². The summed E-state index contributed by atoms with van der Waals surface area (Å²) in [6.45, 7) is 3.83. The van der Waals surface area contributed by atoms with Crippen LogP contribution in [0.5, 0.6) is 0 Å². The molecule has 25 heavy (non-hydrogen) atoms. The van der Waals surface area contributed by atoms with Gasteiger partial charge in [0.2, 0.25) is 0 Å². The molecule has 134 valence electrons. The molecule has 0 aliphatic carbocycles. The number of aromatic nitrogens is 1. The van der Waals surface area contributed by atoms with Crippen molar-refractivity contribution >= 4 is 44.7 Å². The lowest BCUT2D eigenvalue weighted by molar-refractivity contribution is 0.333. The third-order valence-corrected chi connectivity index (χ3v) is 7.79. The summed E-state index contributed by atoms with van der Waals surface area (Å²) in [5.74, 6) is 0. The van der Waals surface area contributed by atoms with E-state index in [-0.39, 0.29) is 12.4 Å². The SMILES string of the molecule is Cc1ccc2c(c1)c1c(n2S(=O)(=O)c2cccs2)CCCN(C)C1.Cl. The quantitative estimate of drug-likeness (QED) is 0.656. The van der Waals surface area contributed by atoms with E-state index in [1.807, 2.05) is 17.5 Å². The molecule has 0 unspecified atom stereocenters. The van der Waals surface area contributed by atoms with Gasteiger partial charge in [0.05, 0.1) is 5.52 Å². The Bertz CT molecular complexity index is 1010. The number of halogens is 1. The number of nitrogens with zero attached hydrogens (tertiary/aromatic N) is 2. The molecule has 0 spiro atoms. The van der Waals surface area contributed by atoms with Crippen molar-refractivity contribution in [3.05, 3.63) is 52.5 Å². The Labute approximate surface area is 158 Å². The predicted molar refractivity (Wildman–Crippen MR) is 105 cm³/mol. The molecule has 3 aromatic rings. The van der Waals surface area contributed by atoms with E-state index in [4.69, 9.17) is 0 Å². The zero-order valence-corrected chi connectivity index (χ0v) is 16.7. The van der Waals surface area contributed by atoms with E-state index in [0.717, 1.165) is 53.7 Å². The van der Waals surface area contributed by atoms with Gasteiger partial charge in [0.1, 0.15) is 4.21 Å². The van der Waals surface area contributed by atoms with Crippen molar-refractivity contribution in [2.45, 2.75) is 30.5 Å². The standard InChI is InChI=1S/C18H20N2O2S2.ClH/c1-13-7-8-17-14(11-13)15-12-19(2)9-3-5-16(15)20(17)24(21,22)18-6-4-10-23-18;/h4,6-8,10-11H,3,5,9,12H2,1-2H3;1H. The fraction of sp³-hybridized carbons (Fsp3) is 0.333. The minimum Gasteiger partial charge on any atom is -0.302 e. The molecule has 2 aromatic heterocycles. The first kappa shape index (κ1) is 18.5. The minimum atomic E-state index is -3.55. The van der Waals surface area contributed by atoms with Crippen LogP contribution in [0.1, 0.15) is 23.2 Å². The van der Waals surface area contributed by atoms with E-state index in [2.05, 4.69) is 24.9 Å². The number of thiophene rings is 1. The maximum atomic E-state index is 13.3. The molecule has 0 saturated heterocycles. The van der Waals surface area contributed by atoms with E-state index in [1.54, 1.807) is 16.1 Å². The molecular formula is C18H21ClN2O2S2. The maximum absolute atomic E-state index is 13.3. The summed E-state index contributed by atoms with van der Waals surface area (Å²) < 4.78 is 28.6. The fourth-order valence-corrected chi connectivity index (χ4v) is 6.23. The lowest BCUT2D eigenvalue weighted by Gasteiger charge is -2.12. The van der Waals surface area contributed by atoms with Crippen LogP contribution in [0.4, 0.5) is 0 Å². The van der Waals surface area contributed by atoms with Crippen LogP contribution in [0, 0.1) is 6.92 Å². The first-order valence-corrected chi connectivity index (χ1v) is 10.4. The van der Waals surface area contributed by atoms with Crippen molar-refractivity contribution in [1.29, 1.82) is 0 Å². The Morgan fingerprint density at radius 3 is 2.72 bits per heavy atom. The van der Waals surface area contributed by atoms with Gasteiger partial charge in [-0.3, -0.25) is 0 Å². The number of aryl methyl sites for hydroxylation is 1. The molecule has 0 saturated carbocycles. The summed E-state index contributed by atoms with van der Waals surface area (Å²) in [4.78, 5) is 2.27. The highest BCUT2D eigenvalue weighted by atomic mass is 35.5. The lowest BCUT2D eigenvalue weighted by Crippen LogP contribution is -2.17. The molecule has 0 amide bonds. The highest BCUT2D eigenvalue weighted by Crippen LogP contribution is 2.34. The van der Waals surface area contributed by atoms with Crippen LogP contribution >= 0.6 is 23.7 Å². The number of rotatable bonds is 2. The third-order valence-electron chi connectivity index (χ3n) is 4.66. The van der Waals surface area contributed by atoms with Crippen molar-refractivity contribution in [3.63, 3.8) is 0 Å². The number of fused-ring (bicyclic) bond motifs is 3. The van der Waals surface area contributed by atoms with Gasteiger partial charge in [-0.05, 0) is 62.5 Å². The van der Waals surface area contributed by atoms with E-state index in [0.29, 0.717) is 4.21 Å².